The van der Waals surface area contributed by atoms with Gasteiger partial charge < -0.3 is 19.5 Å². The topological polar surface area (TPSA) is 60.0 Å². The Hall–Kier alpha value is -4.29. The molecular weight excluding hydrogens is 608 g/mol. The maximum atomic E-state index is 12.0. The van der Waals surface area contributed by atoms with Gasteiger partial charge in [0.2, 0.25) is 0 Å². The van der Waals surface area contributed by atoms with Crippen LogP contribution in [0.4, 0.5) is 4.79 Å². The van der Waals surface area contributed by atoms with E-state index in [0.717, 1.165) is 42.0 Å². The summed E-state index contributed by atoms with van der Waals surface area (Å²) in [6.45, 7) is 17.3. The molecule has 0 aliphatic rings. The summed E-state index contributed by atoms with van der Waals surface area (Å²) in [5.41, 5.74) is 5.45. The van der Waals surface area contributed by atoms with Gasteiger partial charge in [-0.2, -0.15) is 0 Å². The first kappa shape index (κ1) is 37.5. The predicted octanol–water partition coefficient (Wildman–Crippen LogP) is 9.60. The van der Waals surface area contributed by atoms with Gasteiger partial charge >= 0.3 is 6.09 Å². The molecule has 4 rings (SSSR count). The van der Waals surface area contributed by atoms with E-state index in [1.165, 1.54) is 16.7 Å². The highest BCUT2D eigenvalue weighted by Gasteiger charge is 2.23. The van der Waals surface area contributed by atoms with Gasteiger partial charge in [-0.05, 0) is 108 Å². The van der Waals surface area contributed by atoms with E-state index in [9.17, 15) is 4.79 Å². The van der Waals surface area contributed by atoms with Crippen LogP contribution < -0.4 is 14.8 Å². The predicted molar refractivity (Wildman–Crippen MR) is 201 cm³/mol. The summed E-state index contributed by atoms with van der Waals surface area (Å²) < 4.78 is 18.1. The maximum Gasteiger partial charge on any atom is 0.407 e. The molecule has 4 aromatic carbocycles. The smallest absolute Gasteiger partial charge is 0.407 e. The highest BCUT2D eigenvalue weighted by molar-refractivity contribution is 5.67. The molecule has 0 bridgehead atoms. The van der Waals surface area contributed by atoms with Gasteiger partial charge in [0.1, 0.15) is 23.7 Å². The number of carbonyl (C=O) groups is 1. The summed E-state index contributed by atoms with van der Waals surface area (Å²) in [4.78, 5) is 14.6. The van der Waals surface area contributed by atoms with Crippen molar-refractivity contribution in [1.29, 1.82) is 0 Å². The van der Waals surface area contributed by atoms with Crippen molar-refractivity contribution in [3.8, 4) is 11.5 Å². The maximum absolute atomic E-state index is 12.0. The Kier molecular flexibility index (Phi) is 14.1. The molecular formula is C43H56N2O4. The quantitative estimate of drug-likeness (QED) is 0.122. The number of nitrogens with zero attached hydrogens (tertiary/aromatic N) is 1. The molecule has 1 amide bonds. The first-order valence-electron chi connectivity index (χ1n) is 17.8. The summed E-state index contributed by atoms with van der Waals surface area (Å²) in [5.74, 6) is 1.93. The number of hydrogen-bond acceptors (Lipinski definition) is 5. The molecule has 262 valence electrons. The van der Waals surface area contributed by atoms with E-state index in [-0.39, 0.29) is 5.92 Å². The van der Waals surface area contributed by atoms with E-state index in [1.807, 2.05) is 51.1 Å². The van der Waals surface area contributed by atoms with Crippen LogP contribution in [0.25, 0.3) is 0 Å². The van der Waals surface area contributed by atoms with Gasteiger partial charge in [0.25, 0.3) is 0 Å². The third-order valence-electron chi connectivity index (χ3n) is 8.53. The highest BCUT2D eigenvalue weighted by atomic mass is 16.6. The summed E-state index contributed by atoms with van der Waals surface area (Å²) in [6, 6.07) is 36.8. The van der Waals surface area contributed by atoms with E-state index in [2.05, 4.69) is 111 Å². The van der Waals surface area contributed by atoms with Crippen LogP contribution in [0.1, 0.15) is 88.6 Å². The zero-order chi connectivity index (χ0) is 35.2. The molecule has 0 aliphatic carbocycles. The number of nitrogens with one attached hydrogen (secondary N) is 1. The monoisotopic (exact) mass is 664 g/mol. The number of ether oxygens (including phenoxy) is 3. The molecule has 1 atom stereocenters. The molecule has 0 fully saturated rings. The van der Waals surface area contributed by atoms with Gasteiger partial charge in [0, 0.05) is 36.5 Å². The summed E-state index contributed by atoms with van der Waals surface area (Å²) >= 11 is 0. The van der Waals surface area contributed by atoms with E-state index < -0.39 is 11.7 Å². The Morgan fingerprint density at radius 1 is 0.735 bits per heavy atom. The molecule has 1 unspecified atom stereocenters. The highest BCUT2D eigenvalue weighted by Crippen LogP contribution is 2.36. The van der Waals surface area contributed by atoms with Gasteiger partial charge in [-0.3, -0.25) is 4.90 Å². The van der Waals surface area contributed by atoms with Crippen molar-refractivity contribution in [2.24, 2.45) is 0 Å². The fraction of sp³-hybridized carbons (Fsp3) is 0.419. The van der Waals surface area contributed by atoms with Crippen molar-refractivity contribution in [2.75, 3.05) is 19.7 Å². The Morgan fingerprint density at radius 2 is 1.39 bits per heavy atom. The lowest BCUT2D eigenvalue weighted by atomic mass is 9.86. The first-order chi connectivity index (χ1) is 23.5. The van der Waals surface area contributed by atoms with Crippen molar-refractivity contribution in [1.82, 2.24) is 10.2 Å². The minimum Gasteiger partial charge on any atom is -0.493 e. The lowest BCUT2D eigenvalue weighted by Gasteiger charge is -2.32. The fourth-order valence-corrected chi connectivity index (χ4v) is 6.17. The van der Waals surface area contributed by atoms with E-state index in [1.54, 1.807) is 0 Å². The van der Waals surface area contributed by atoms with E-state index >= 15 is 0 Å². The fourth-order valence-electron chi connectivity index (χ4n) is 6.17. The molecule has 0 radical (unpaired) electrons. The summed E-state index contributed by atoms with van der Waals surface area (Å²) in [5, 5.41) is 2.83. The molecule has 4 aromatic rings. The lowest BCUT2D eigenvalue weighted by Crippen LogP contribution is -2.38. The third-order valence-corrected chi connectivity index (χ3v) is 8.53. The molecule has 0 aliphatic heterocycles. The van der Waals surface area contributed by atoms with Crippen LogP contribution in [-0.4, -0.2) is 48.4 Å². The molecule has 6 nitrogen and oxygen atoms in total. The van der Waals surface area contributed by atoms with Crippen LogP contribution in [0.3, 0.4) is 0 Å². The molecule has 0 aromatic heterocycles. The van der Waals surface area contributed by atoms with Crippen LogP contribution in [0.2, 0.25) is 0 Å². The lowest BCUT2D eigenvalue weighted by molar-refractivity contribution is 0.0528. The minimum absolute atomic E-state index is 0.179. The molecule has 1 N–H and O–H groups in total. The second-order valence-corrected chi connectivity index (χ2v) is 14.2. The van der Waals surface area contributed by atoms with Gasteiger partial charge in [0.05, 0.1) is 6.61 Å². The molecule has 0 saturated heterocycles. The summed E-state index contributed by atoms with van der Waals surface area (Å²) in [7, 11) is 0. The summed E-state index contributed by atoms with van der Waals surface area (Å²) in [6.07, 6.45) is 2.04. The standard InChI is InChI=1S/C43H56N2O4/c1-32(2)45(33(3)4)27-24-39(37-18-12-9-13-19-37)40-30-35(21-22-41(40)48-31-36-15-10-8-11-16-36)25-28-47-38-20-14-17-34(29-38)23-26-44-42(46)49-43(5,6)7/h8-22,29-30,32-33,39H,23-28,31H2,1-7H3,(H,44,46). The normalized spacial score (nSPS) is 12.3. The first-order valence-corrected chi connectivity index (χ1v) is 17.8. The van der Waals surface area contributed by atoms with Crippen LogP contribution in [0, 0.1) is 0 Å². The van der Waals surface area contributed by atoms with E-state index in [4.69, 9.17) is 14.2 Å². The van der Waals surface area contributed by atoms with Crippen molar-refractivity contribution >= 4 is 6.09 Å². The van der Waals surface area contributed by atoms with Crippen LogP contribution in [0.5, 0.6) is 11.5 Å². The van der Waals surface area contributed by atoms with Crippen molar-refractivity contribution < 1.29 is 19.0 Å². The van der Waals surface area contributed by atoms with Gasteiger partial charge in [0.15, 0.2) is 0 Å². The third kappa shape index (κ3) is 12.6. The van der Waals surface area contributed by atoms with Gasteiger partial charge in [-0.25, -0.2) is 4.79 Å². The van der Waals surface area contributed by atoms with Crippen LogP contribution in [0.15, 0.2) is 103 Å². The number of rotatable bonds is 17. The Bertz CT molecular complexity index is 1560. The second-order valence-electron chi connectivity index (χ2n) is 14.2. The van der Waals surface area contributed by atoms with Gasteiger partial charge in [-0.15, -0.1) is 0 Å². The molecule has 0 spiro atoms. The van der Waals surface area contributed by atoms with Crippen molar-refractivity contribution in [2.45, 2.75) is 97.9 Å². The number of hydrogen-bond donors (Lipinski definition) is 1. The number of benzene rings is 4. The van der Waals surface area contributed by atoms with E-state index in [0.29, 0.717) is 38.3 Å². The molecule has 0 saturated carbocycles. The molecule has 0 heterocycles. The average Bonchev–Trinajstić information content (AvgIpc) is 3.06. The number of amides is 1. The van der Waals surface area contributed by atoms with Crippen molar-refractivity contribution in [3.05, 3.63) is 131 Å². The van der Waals surface area contributed by atoms with Crippen LogP contribution in [-0.2, 0) is 24.2 Å². The number of alkyl carbamates (subject to hydrolysis) is 1. The van der Waals surface area contributed by atoms with Crippen molar-refractivity contribution in [3.63, 3.8) is 0 Å². The number of carbonyl (C=O) groups excluding carboxylic acids is 1. The SMILES string of the molecule is CC(C)N(CCC(c1ccccc1)c1cc(CCOc2cccc(CCNC(=O)OC(C)(C)C)c2)ccc1OCc1ccccc1)C(C)C. The Balaban J connectivity index is 1.49. The van der Waals surface area contributed by atoms with Gasteiger partial charge in [-0.1, -0.05) is 84.9 Å². The Labute approximate surface area is 294 Å². The zero-order valence-electron chi connectivity index (χ0n) is 30.6. The average molecular weight is 665 g/mol. The van der Waals surface area contributed by atoms with Crippen LogP contribution >= 0.6 is 0 Å². The minimum atomic E-state index is -0.515. The largest absolute Gasteiger partial charge is 0.493 e. The second kappa shape index (κ2) is 18.5. The molecule has 6 heteroatoms. The molecule has 49 heavy (non-hydrogen) atoms. The Morgan fingerprint density at radius 3 is 2.06 bits per heavy atom. The zero-order valence-corrected chi connectivity index (χ0v) is 30.6.